The summed E-state index contributed by atoms with van der Waals surface area (Å²) >= 11 is 0. The van der Waals surface area contributed by atoms with Gasteiger partial charge in [0.25, 0.3) is 0 Å². The molecule has 1 heterocycles. The number of aromatic nitrogens is 3. The Hall–Kier alpha value is -3.15. The van der Waals surface area contributed by atoms with Gasteiger partial charge >= 0.3 is 5.97 Å². The third-order valence-electron chi connectivity index (χ3n) is 3.76. The van der Waals surface area contributed by atoms with Crippen molar-refractivity contribution in [3.63, 3.8) is 0 Å². The molecule has 2 N–H and O–H groups in total. The molecule has 1 aromatic heterocycles. The number of carboxylic acids is 1. The minimum absolute atomic E-state index is 0.0938. The van der Waals surface area contributed by atoms with Crippen LogP contribution in [-0.4, -0.2) is 31.2 Å². The lowest BCUT2D eigenvalue weighted by atomic mass is 10.1. The summed E-state index contributed by atoms with van der Waals surface area (Å²) in [6, 6.07) is 12.7. The van der Waals surface area contributed by atoms with Crippen LogP contribution in [0.1, 0.15) is 18.9 Å². The lowest BCUT2D eigenvalue weighted by Gasteiger charge is -2.06. The van der Waals surface area contributed by atoms with E-state index in [4.69, 9.17) is 5.11 Å². The van der Waals surface area contributed by atoms with Crippen molar-refractivity contribution in [2.45, 2.75) is 19.8 Å². The van der Waals surface area contributed by atoms with Gasteiger partial charge in [-0.05, 0) is 49.6 Å². The van der Waals surface area contributed by atoms with E-state index in [1.54, 1.807) is 19.1 Å². The molecule has 0 spiro atoms. The zero-order valence-electron chi connectivity index (χ0n) is 13.2. The molecule has 3 aromatic rings. The van der Waals surface area contributed by atoms with Crippen molar-refractivity contribution in [1.29, 1.82) is 0 Å². The number of carboxylic acid groups (broad SMARTS) is 1. The Balaban J connectivity index is 1.86. The largest absolute Gasteiger partial charge is 0.506 e. The molecule has 2 aromatic carbocycles. The highest BCUT2D eigenvalue weighted by Gasteiger charge is 2.09. The van der Waals surface area contributed by atoms with Crippen LogP contribution in [-0.2, 0) is 11.2 Å². The number of hydrogen-bond donors (Lipinski definition) is 2. The number of rotatable bonds is 5. The predicted molar refractivity (Wildman–Crippen MR) is 90.2 cm³/mol. The maximum atomic E-state index is 10.8. The van der Waals surface area contributed by atoms with Gasteiger partial charge in [-0.25, -0.2) is 4.79 Å². The molecule has 122 valence electrons. The van der Waals surface area contributed by atoms with Crippen LogP contribution in [0.3, 0.4) is 0 Å². The molecule has 0 aliphatic rings. The van der Waals surface area contributed by atoms with Crippen LogP contribution in [0.2, 0.25) is 0 Å². The number of nitrogens with zero attached hydrogens (tertiary/aromatic N) is 3. The lowest BCUT2D eigenvalue weighted by Crippen LogP contribution is -2.00. The number of aromatic hydroxyl groups is 1. The van der Waals surface area contributed by atoms with Gasteiger partial charge in [-0.1, -0.05) is 24.3 Å². The molecule has 3 rings (SSSR count). The summed E-state index contributed by atoms with van der Waals surface area (Å²) in [5, 5.41) is 27.7. The SMILES string of the molecule is CC(=CCCc1ccc(O)c(-n2nc3ccccc3n2)c1)C(=O)O. The van der Waals surface area contributed by atoms with Crippen LogP contribution in [0.25, 0.3) is 16.7 Å². The third-order valence-corrected chi connectivity index (χ3v) is 3.76. The summed E-state index contributed by atoms with van der Waals surface area (Å²) in [7, 11) is 0. The maximum Gasteiger partial charge on any atom is 0.330 e. The van der Waals surface area contributed by atoms with Gasteiger partial charge < -0.3 is 10.2 Å². The van der Waals surface area contributed by atoms with Gasteiger partial charge in [-0.3, -0.25) is 0 Å². The summed E-state index contributed by atoms with van der Waals surface area (Å²) < 4.78 is 0. The van der Waals surface area contributed by atoms with E-state index in [-0.39, 0.29) is 5.75 Å². The molecule has 0 amide bonds. The Morgan fingerprint density at radius 2 is 1.83 bits per heavy atom. The second kappa shape index (κ2) is 6.54. The average molecular weight is 323 g/mol. The summed E-state index contributed by atoms with van der Waals surface area (Å²) in [5.74, 6) is -0.815. The van der Waals surface area contributed by atoms with E-state index in [2.05, 4.69) is 10.2 Å². The number of benzene rings is 2. The van der Waals surface area contributed by atoms with Crippen LogP contribution in [0.4, 0.5) is 0 Å². The van der Waals surface area contributed by atoms with Crippen molar-refractivity contribution in [2.75, 3.05) is 0 Å². The molecular formula is C18H17N3O3. The minimum Gasteiger partial charge on any atom is -0.506 e. The van der Waals surface area contributed by atoms with Gasteiger partial charge in [-0.15, -0.1) is 15.0 Å². The molecule has 0 aliphatic heterocycles. The number of fused-ring (bicyclic) bond motifs is 1. The summed E-state index contributed by atoms with van der Waals surface area (Å²) in [6.45, 7) is 1.57. The number of aryl methyl sites for hydroxylation is 1. The zero-order chi connectivity index (χ0) is 17.1. The molecular weight excluding hydrogens is 306 g/mol. The van der Waals surface area contributed by atoms with Crippen LogP contribution in [0, 0.1) is 0 Å². The molecule has 0 aliphatic carbocycles. The highest BCUT2D eigenvalue weighted by atomic mass is 16.4. The standard InChI is InChI=1S/C18H17N3O3/c1-12(18(23)24)5-4-6-13-9-10-17(22)16(11-13)21-19-14-7-2-3-8-15(14)20-21/h2-3,5,7-11,22H,4,6H2,1H3,(H,23,24). The molecule has 6 nitrogen and oxygen atoms in total. The van der Waals surface area contributed by atoms with Crippen molar-refractivity contribution in [3.8, 4) is 11.4 Å². The smallest absolute Gasteiger partial charge is 0.330 e. The van der Waals surface area contributed by atoms with Gasteiger partial charge in [0.15, 0.2) is 0 Å². The number of hydrogen-bond acceptors (Lipinski definition) is 4. The second-order valence-electron chi connectivity index (χ2n) is 5.53. The van der Waals surface area contributed by atoms with Gasteiger partial charge in [0.05, 0.1) is 0 Å². The minimum atomic E-state index is -0.908. The van der Waals surface area contributed by atoms with Crippen molar-refractivity contribution in [1.82, 2.24) is 15.0 Å². The van der Waals surface area contributed by atoms with E-state index in [0.717, 1.165) is 16.6 Å². The van der Waals surface area contributed by atoms with Crippen LogP contribution in [0.15, 0.2) is 54.1 Å². The highest BCUT2D eigenvalue weighted by molar-refractivity contribution is 5.85. The van der Waals surface area contributed by atoms with E-state index < -0.39 is 5.97 Å². The highest BCUT2D eigenvalue weighted by Crippen LogP contribution is 2.23. The van der Waals surface area contributed by atoms with Gasteiger partial charge in [-0.2, -0.15) is 0 Å². The van der Waals surface area contributed by atoms with E-state index in [1.165, 1.54) is 4.80 Å². The number of carbonyl (C=O) groups is 1. The van der Waals surface area contributed by atoms with Crippen LogP contribution < -0.4 is 0 Å². The second-order valence-corrected chi connectivity index (χ2v) is 5.53. The third kappa shape index (κ3) is 3.27. The average Bonchev–Trinajstić information content (AvgIpc) is 3.00. The predicted octanol–water partition coefficient (Wildman–Crippen LogP) is 3.09. The Morgan fingerprint density at radius 3 is 2.46 bits per heavy atom. The van der Waals surface area contributed by atoms with Crippen molar-refractivity contribution in [3.05, 3.63) is 59.7 Å². The quantitative estimate of drug-likeness (QED) is 0.704. The lowest BCUT2D eigenvalue weighted by molar-refractivity contribution is -0.132. The van der Waals surface area contributed by atoms with Crippen molar-refractivity contribution in [2.24, 2.45) is 0 Å². The first-order valence-corrected chi connectivity index (χ1v) is 7.59. The van der Waals surface area contributed by atoms with Gasteiger partial charge in [0, 0.05) is 5.57 Å². The van der Waals surface area contributed by atoms with E-state index in [9.17, 15) is 9.90 Å². The Bertz CT molecular complexity index is 895. The van der Waals surface area contributed by atoms with Crippen LogP contribution in [0.5, 0.6) is 5.75 Å². The summed E-state index contributed by atoms with van der Waals surface area (Å²) in [5.41, 5.74) is 3.31. The molecule has 0 saturated carbocycles. The first kappa shape index (κ1) is 15.7. The van der Waals surface area contributed by atoms with Crippen molar-refractivity contribution < 1.29 is 15.0 Å². The molecule has 0 saturated heterocycles. The molecule has 6 heteroatoms. The first-order chi connectivity index (χ1) is 11.5. The Kier molecular flexibility index (Phi) is 4.29. The number of phenols is 1. The topological polar surface area (TPSA) is 88.2 Å². The fraction of sp³-hybridized carbons (Fsp3) is 0.167. The molecule has 0 fully saturated rings. The van der Waals surface area contributed by atoms with Gasteiger partial charge in [0.2, 0.25) is 0 Å². The number of phenolic OH excluding ortho intramolecular Hbond substituents is 1. The monoisotopic (exact) mass is 323 g/mol. The molecule has 24 heavy (non-hydrogen) atoms. The van der Waals surface area contributed by atoms with Crippen molar-refractivity contribution >= 4 is 17.0 Å². The normalized spacial score (nSPS) is 11.8. The van der Waals surface area contributed by atoms with Crippen LogP contribution >= 0.6 is 0 Å². The first-order valence-electron chi connectivity index (χ1n) is 7.59. The van der Waals surface area contributed by atoms with Gasteiger partial charge in [0.1, 0.15) is 22.5 Å². The fourth-order valence-electron chi connectivity index (χ4n) is 2.39. The molecule has 0 bridgehead atoms. The molecule has 0 unspecified atom stereocenters. The summed E-state index contributed by atoms with van der Waals surface area (Å²) in [4.78, 5) is 12.2. The maximum absolute atomic E-state index is 10.8. The number of allylic oxidation sites excluding steroid dienone is 1. The Morgan fingerprint density at radius 1 is 1.17 bits per heavy atom. The molecule has 0 atom stereocenters. The zero-order valence-corrected chi connectivity index (χ0v) is 13.2. The Labute approximate surface area is 138 Å². The van der Waals surface area contributed by atoms with E-state index in [0.29, 0.717) is 24.1 Å². The molecule has 0 radical (unpaired) electrons. The summed E-state index contributed by atoms with van der Waals surface area (Å²) in [6.07, 6.45) is 2.96. The van der Waals surface area contributed by atoms with E-state index >= 15 is 0 Å². The van der Waals surface area contributed by atoms with E-state index in [1.807, 2.05) is 36.4 Å². The number of aliphatic carboxylic acids is 1. The fourth-order valence-corrected chi connectivity index (χ4v) is 2.39.